The molecule has 0 saturated carbocycles. The molecule has 1 aromatic rings. The largest absolute Gasteiger partial charge is 0.298 e. The number of halogens is 1. The molecule has 0 N–H and O–H groups in total. The Balaban J connectivity index is 2.59. The van der Waals surface area contributed by atoms with E-state index in [0.717, 1.165) is 24.2 Å². The van der Waals surface area contributed by atoms with Crippen LogP contribution in [-0.4, -0.2) is 24.4 Å². The van der Waals surface area contributed by atoms with E-state index in [2.05, 4.69) is 17.5 Å². The van der Waals surface area contributed by atoms with Crippen LogP contribution in [0.4, 0.5) is 0 Å². The van der Waals surface area contributed by atoms with Crippen molar-refractivity contribution < 1.29 is 0 Å². The average Bonchev–Trinajstić information content (AvgIpc) is 2.28. The van der Waals surface area contributed by atoms with Crippen LogP contribution in [0, 0.1) is 11.3 Å². The quantitative estimate of drug-likeness (QED) is 0.579. The lowest BCUT2D eigenvalue weighted by molar-refractivity contribution is 0.356. The number of nitriles is 1. The SMILES string of the molecule is C=C(CCl)CN(C)Cc1cccc(C#N)c1. The second kappa shape index (κ2) is 6.32. The first-order chi connectivity index (χ1) is 7.65. The van der Waals surface area contributed by atoms with Gasteiger partial charge in [0.15, 0.2) is 0 Å². The zero-order chi connectivity index (χ0) is 12.0. The van der Waals surface area contributed by atoms with Crippen LogP contribution in [-0.2, 0) is 6.54 Å². The Morgan fingerprint density at radius 2 is 2.31 bits per heavy atom. The van der Waals surface area contributed by atoms with Gasteiger partial charge in [-0.25, -0.2) is 0 Å². The number of likely N-dealkylation sites (N-methyl/N-ethyl adjacent to an activating group) is 1. The maximum absolute atomic E-state index is 8.78. The first-order valence-electron chi connectivity index (χ1n) is 5.06. The fourth-order valence-electron chi connectivity index (χ4n) is 1.53. The Bertz CT molecular complexity index is 407. The summed E-state index contributed by atoms with van der Waals surface area (Å²) in [4.78, 5) is 2.13. The van der Waals surface area contributed by atoms with Gasteiger partial charge in [-0.15, -0.1) is 11.6 Å². The predicted molar refractivity (Wildman–Crippen MR) is 67.4 cm³/mol. The molecule has 0 saturated heterocycles. The number of rotatable bonds is 5. The summed E-state index contributed by atoms with van der Waals surface area (Å²) in [5, 5.41) is 8.78. The van der Waals surface area contributed by atoms with E-state index in [-0.39, 0.29) is 0 Å². The number of hydrogen-bond acceptors (Lipinski definition) is 2. The highest BCUT2D eigenvalue weighted by molar-refractivity contribution is 6.19. The van der Waals surface area contributed by atoms with E-state index < -0.39 is 0 Å². The normalized spacial score (nSPS) is 10.1. The van der Waals surface area contributed by atoms with Gasteiger partial charge in [0.2, 0.25) is 0 Å². The van der Waals surface area contributed by atoms with Crippen LogP contribution < -0.4 is 0 Å². The van der Waals surface area contributed by atoms with Crippen LogP contribution >= 0.6 is 11.6 Å². The predicted octanol–water partition coefficient (Wildman–Crippen LogP) is 2.79. The summed E-state index contributed by atoms with van der Waals surface area (Å²) in [6.45, 7) is 5.44. The van der Waals surface area contributed by atoms with Gasteiger partial charge < -0.3 is 0 Å². The summed E-state index contributed by atoms with van der Waals surface area (Å²) < 4.78 is 0. The Hall–Kier alpha value is -1.30. The molecule has 1 aromatic carbocycles. The molecule has 84 valence electrons. The van der Waals surface area contributed by atoms with Crippen molar-refractivity contribution in [2.24, 2.45) is 0 Å². The van der Waals surface area contributed by atoms with E-state index in [9.17, 15) is 0 Å². The molecule has 0 aliphatic carbocycles. The number of alkyl halides is 1. The minimum Gasteiger partial charge on any atom is -0.298 e. The van der Waals surface area contributed by atoms with Crippen molar-refractivity contribution in [1.82, 2.24) is 4.90 Å². The highest BCUT2D eigenvalue weighted by Gasteiger charge is 2.02. The van der Waals surface area contributed by atoms with Crippen molar-refractivity contribution in [3.63, 3.8) is 0 Å². The molecule has 0 spiro atoms. The molecule has 0 bridgehead atoms. The van der Waals surface area contributed by atoms with Crippen molar-refractivity contribution in [3.8, 4) is 6.07 Å². The van der Waals surface area contributed by atoms with Gasteiger partial charge in [-0.3, -0.25) is 4.90 Å². The van der Waals surface area contributed by atoms with Gasteiger partial charge in [-0.2, -0.15) is 5.26 Å². The second-order valence-electron chi connectivity index (χ2n) is 3.87. The van der Waals surface area contributed by atoms with Crippen LogP contribution in [0.5, 0.6) is 0 Å². The average molecular weight is 235 g/mol. The van der Waals surface area contributed by atoms with Crippen molar-refractivity contribution >= 4 is 11.6 Å². The van der Waals surface area contributed by atoms with Crippen LogP contribution in [0.1, 0.15) is 11.1 Å². The van der Waals surface area contributed by atoms with Crippen molar-refractivity contribution in [2.75, 3.05) is 19.5 Å². The maximum atomic E-state index is 8.78. The molecule has 0 heterocycles. The molecule has 0 aliphatic heterocycles. The van der Waals surface area contributed by atoms with Gasteiger partial charge in [0.05, 0.1) is 11.6 Å². The second-order valence-corrected chi connectivity index (χ2v) is 4.14. The highest BCUT2D eigenvalue weighted by Crippen LogP contribution is 2.08. The first kappa shape index (κ1) is 12.8. The molecular formula is C13H15ClN2. The smallest absolute Gasteiger partial charge is 0.0991 e. The summed E-state index contributed by atoms with van der Waals surface area (Å²) in [5.41, 5.74) is 2.83. The Kier molecular flexibility index (Phi) is 5.04. The lowest BCUT2D eigenvalue weighted by atomic mass is 10.1. The third-order valence-electron chi connectivity index (χ3n) is 2.19. The number of hydrogen-bond donors (Lipinski definition) is 0. The van der Waals surface area contributed by atoms with Gasteiger partial charge in [0, 0.05) is 19.0 Å². The standard InChI is InChI=1S/C13H15ClN2/c1-11(7-14)9-16(2)10-13-5-3-4-12(6-13)8-15/h3-6H,1,7,9-10H2,2H3. The third-order valence-corrected chi connectivity index (χ3v) is 2.57. The van der Waals surface area contributed by atoms with Crippen LogP contribution in [0.25, 0.3) is 0 Å². The summed E-state index contributed by atoms with van der Waals surface area (Å²) >= 11 is 5.68. The van der Waals surface area contributed by atoms with Crippen molar-refractivity contribution in [2.45, 2.75) is 6.54 Å². The van der Waals surface area contributed by atoms with Crippen LogP contribution in [0.2, 0.25) is 0 Å². The van der Waals surface area contributed by atoms with Crippen molar-refractivity contribution in [3.05, 3.63) is 47.5 Å². The van der Waals surface area contributed by atoms with Gasteiger partial charge in [-0.1, -0.05) is 18.7 Å². The van der Waals surface area contributed by atoms with E-state index in [1.807, 2.05) is 25.2 Å². The van der Waals surface area contributed by atoms with Crippen molar-refractivity contribution in [1.29, 1.82) is 5.26 Å². The van der Waals surface area contributed by atoms with Crippen LogP contribution in [0.3, 0.4) is 0 Å². The van der Waals surface area contributed by atoms with Gasteiger partial charge in [0.25, 0.3) is 0 Å². The molecule has 0 aliphatic rings. The summed E-state index contributed by atoms with van der Waals surface area (Å²) in [6.07, 6.45) is 0. The summed E-state index contributed by atoms with van der Waals surface area (Å²) in [7, 11) is 2.01. The summed E-state index contributed by atoms with van der Waals surface area (Å²) in [5.74, 6) is 0.489. The van der Waals surface area contributed by atoms with Gasteiger partial charge >= 0.3 is 0 Å². The molecule has 1 rings (SSSR count). The molecule has 0 aromatic heterocycles. The highest BCUT2D eigenvalue weighted by atomic mass is 35.5. The fourth-order valence-corrected chi connectivity index (χ4v) is 1.62. The van der Waals surface area contributed by atoms with Gasteiger partial charge in [0.1, 0.15) is 0 Å². The first-order valence-corrected chi connectivity index (χ1v) is 5.59. The number of nitrogens with zero attached hydrogens (tertiary/aromatic N) is 2. The van der Waals surface area contributed by atoms with E-state index in [4.69, 9.17) is 16.9 Å². The van der Waals surface area contributed by atoms with E-state index in [0.29, 0.717) is 11.4 Å². The Morgan fingerprint density at radius 1 is 1.56 bits per heavy atom. The molecule has 0 fully saturated rings. The molecule has 2 nitrogen and oxygen atoms in total. The molecule has 16 heavy (non-hydrogen) atoms. The lowest BCUT2D eigenvalue weighted by Gasteiger charge is -2.17. The molecule has 0 atom stereocenters. The zero-order valence-corrected chi connectivity index (χ0v) is 10.2. The Morgan fingerprint density at radius 3 is 2.94 bits per heavy atom. The maximum Gasteiger partial charge on any atom is 0.0991 e. The fraction of sp³-hybridized carbons (Fsp3) is 0.308. The van der Waals surface area contributed by atoms with Gasteiger partial charge in [-0.05, 0) is 30.3 Å². The topological polar surface area (TPSA) is 27.0 Å². The molecular weight excluding hydrogens is 220 g/mol. The molecule has 0 unspecified atom stereocenters. The number of benzene rings is 1. The summed E-state index contributed by atoms with van der Waals surface area (Å²) in [6, 6.07) is 9.76. The van der Waals surface area contributed by atoms with E-state index in [1.54, 1.807) is 6.07 Å². The van der Waals surface area contributed by atoms with E-state index in [1.165, 1.54) is 0 Å². The van der Waals surface area contributed by atoms with Crippen LogP contribution in [0.15, 0.2) is 36.4 Å². The minimum absolute atomic E-state index is 0.489. The minimum atomic E-state index is 0.489. The van der Waals surface area contributed by atoms with E-state index >= 15 is 0 Å². The third kappa shape index (κ3) is 4.06. The molecule has 3 heteroatoms. The molecule has 0 radical (unpaired) electrons. The zero-order valence-electron chi connectivity index (χ0n) is 9.41. The molecule has 0 amide bonds. The Labute approximate surface area is 102 Å². The lowest BCUT2D eigenvalue weighted by Crippen LogP contribution is -2.20. The monoisotopic (exact) mass is 234 g/mol.